The highest BCUT2D eigenvalue weighted by molar-refractivity contribution is 5.52. The molecule has 22 heavy (non-hydrogen) atoms. The van der Waals surface area contributed by atoms with E-state index in [-0.39, 0.29) is 0 Å². The largest absolute Gasteiger partial charge is 0.399 e. The van der Waals surface area contributed by atoms with Gasteiger partial charge >= 0.3 is 0 Å². The van der Waals surface area contributed by atoms with Gasteiger partial charge in [-0.15, -0.1) is 0 Å². The lowest BCUT2D eigenvalue weighted by Crippen LogP contribution is -2.42. The lowest BCUT2D eigenvalue weighted by molar-refractivity contribution is 0.525. The third-order valence-electron chi connectivity index (χ3n) is 4.13. The molecule has 3 aromatic rings. The Morgan fingerprint density at radius 1 is 0.636 bits per heavy atom. The highest BCUT2D eigenvalue weighted by Crippen LogP contribution is 2.36. The van der Waals surface area contributed by atoms with E-state index in [9.17, 15) is 0 Å². The summed E-state index contributed by atoms with van der Waals surface area (Å²) in [5, 5.41) is 3.54. The van der Waals surface area contributed by atoms with Crippen LogP contribution in [0.2, 0.25) is 0 Å². The molecule has 2 heteroatoms. The second kappa shape index (κ2) is 6.04. The summed E-state index contributed by atoms with van der Waals surface area (Å²) in [6.45, 7) is 0. The van der Waals surface area contributed by atoms with Crippen molar-refractivity contribution in [3.8, 4) is 0 Å². The van der Waals surface area contributed by atoms with Crippen LogP contribution in [0.5, 0.6) is 0 Å². The molecule has 0 saturated carbocycles. The number of benzene rings is 3. The molecule has 0 saturated heterocycles. The molecule has 0 atom stereocenters. The first kappa shape index (κ1) is 14.4. The van der Waals surface area contributed by atoms with E-state index < -0.39 is 5.54 Å². The summed E-state index contributed by atoms with van der Waals surface area (Å²) in [4.78, 5) is 0. The van der Waals surface area contributed by atoms with Crippen molar-refractivity contribution in [3.05, 3.63) is 102 Å². The molecule has 3 N–H and O–H groups in total. The van der Waals surface area contributed by atoms with Crippen LogP contribution in [0.4, 0.5) is 5.69 Å². The van der Waals surface area contributed by atoms with Crippen molar-refractivity contribution >= 4 is 5.69 Å². The third kappa shape index (κ3) is 2.38. The van der Waals surface area contributed by atoms with Crippen molar-refractivity contribution in [2.75, 3.05) is 12.8 Å². The van der Waals surface area contributed by atoms with Gasteiger partial charge in [-0.05, 0) is 35.9 Å². The molecule has 2 nitrogen and oxygen atoms in total. The average molecular weight is 288 g/mol. The van der Waals surface area contributed by atoms with E-state index in [1.54, 1.807) is 0 Å². The lowest BCUT2D eigenvalue weighted by Gasteiger charge is -2.35. The Labute approximate surface area is 131 Å². The summed E-state index contributed by atoms with van der Waals surface area (Å²) in [5.74, 6) is 0. The average Bonchev–Trinajstić information content (AvgIpc) is 2.59. The van der Waals surface area contributed by atoms with Gasteiger partial charge in [-0.25, -0.2) is 0 Å². The predicted molar refractivity (Wildman–Crippen MR) is 92.7 cm³/mol. The molecule has 0 amide bonds. The number of nitrogens with one attached hydrogen (secondary N) is 1. The SMILES string of the molecule is CNC(c1ccccc1)(c1ccccc1)c1ccc(N)cc1. The van der Waals surface area contributed by atoms with E-state index >= 15 is 0 Å². The molecule has 3 rings (SSSR count). The van der Waals surface area contributed by atoms with Gasteiger partial charge in [0.25, 0.3) is 0 Å². The summed E-state index contributed by atoms with van der Waals surface area (Å²) in [6, 6.07) is 29.1. The minimum Gasteiger partial charge on any atom is -0.399 e. The molecule has 0 spiro atoms. The molecule has 3 aromatic carbocycles. The zero-order chi connectivity index (χ0) is 15.4. The van der Waals surface area contributed by atoms with Gasteiger partial charge in [0, 0.05) is 5.69 Å². The maximum atomic E-state index is 5.87. The quantitative estimate of drug-likeness (QED) is 0.566. The maximum Gasteiger partial charge on any atom is 0.0945 e. The molecular formula is C20H20N2. The summed E-state index contributed by atoms with van der Waals surface area (Å²) in [5.41, 5.74) is 9.82. The lowest BCUT2D eigenvalue weighted by atomic mass is 9.77. The highest BCUT2D eigenvalue weighted by Gasteiger charge is 2.34. The fourth-order valence-electron chi connectivity index (χ4n) is 3.04. The molecule has 0 aromatic heterocycles. The van der Waals surface area contributed by atoms with Gasteiger partial charge in [-0.2, -0.15) is 0 Å². The van der Waals surface area contributed by atoms with Crippen molar-refractivity contribution in [2.24, 2.45) is 0 Å². The van der Waals surface area contributed by atoms with Crippen molar-refractivity contribution in [3.63, 3.8) is 0 Å². The van der Waals surface area contributed by atoms with Crippen LogP contribution in [-0.2, 0) is 5.54 Å². The standard InChI is InChI=1S/C20H20N2/c1-22-20(16-8-4-2-5-9-16,17-10-6-3-7-11-17)18-12-14-19(21)15-13-18/h2-15,22H,21H2,1H3. The maximum absolute atomic E-state index is 5.87. The fraction of sp³-hybridized carbons (Fsp3) is 0.100. The van der Waals surface area contributed by atoms with E-state index in [1.807, 2.05) is 31.3 Å². The molecule has 0 bridgehead atoms. The van der Waals surface area contributed by atoms with Crippen LogP contribution in [0.25, 0.3) is 0 Å². The van der Waals surface area contributed by atoms with E-state index in [2.05, 4.69) is 66.0 Å². The van der Waals surface area contributed by atoms with Crippen LogP contribution in [0.15, 0.2) is 84.9 Å². The van der Waals surface area contributed by atoms with Crippen LogP contribution in [0.3, 0.4) is 0 Å². The summed E-state index contributed by atoms with van der Waals surface area (Å²) < 4.78 is 0. The molecular weight excluding hydrogens is 268 g/mol. The first-order valence-corrected chi connectivity index (χ1v) is 7.43. The fourth-order valence-corrected chi connectivity index (χ4v) is 3.04. The Hall–Kier alpha value is -2.58. The molecule has 110 valence electrons. The minimum atomic E-state index is -0.393. The third-order valence-corrected chi connectivity index (χ3v) is 4.13. The number of nitrogens with two attached hydrogens (primary N) is 1. The Bertz CT molecular complexity index is 679. The molecule has 0 fully saturated rings. The number of anilines is 1. The number of nitrogen functional groups attached to an aromatic ring is 1. The van der Waals surface area contributed by atoms with Crippen LogP contribution in [0, 0.1) is 0 Å². The Morgan fingerprint density at radius 2 is 1.05 bits per heavy atom. The molecule has 0 radical (unpaired) electrons. The summed E-state index contributed by atoms with van der Waals surface area (Å²) >= 11 is 0. The zero-order valence-corrected chi connectivity index (χ0v) is 12.7. The van der Waals surface area contributed by atoms with Crippen LogP contribution < -0.4 is 11.1 Å². The minimum absolute atomic E-state index is 0.393. The Kier molecular flexibility index (Phi) is 3.94. The molecule has 0 heterocycles. The van der Waals surface area contributed by atoms with E-state index in [0.29, 0.717) is 0 Å². The first-order valence-electron chi connectivity index (χ1n) is 7.43. The number of hydrogen-bond acceptors (Lipinski definition) is 2. The highest BCUT2D eigenvalue weighted by atomic mass is 14.9. The van der Waals surface area contributed by atoms with E-state index in [4.69, 9.17) is 5.73 Å². The van der Waals surface area contributed by atoms with Gasteiger partial charge in [0.05, 0.1) is 5.54 Å². The first-order chi connectivity index (χ1) is 10.8. The summed E-state index contributed by atoms with van der Waals surface area (Å²) in [7, 11) is 2.00. The van der Waals surface area contributed by atoms with Crippen molar-refractivity contribution in [1.82, 2.24) is 5.32 Å². The second-order valence-electron chi connectivity index (χ2n) is 5.35. The monoisotopic (exact) mass is 288 g/mol. The molecule has 0 aliphatic rings. The van der Waals surface area contributed by atoms with E-state index in [0.717, 1.165) is 5.69 Å². The van der Waals surface area contributed by atoms with Gasteiger partial charge in [0.2, 0.25) is 0 Å². The van der Waals surface area contributed by atoms with Crippen molar-refractivity contribution in [1.29, 1.82) is 0 Å². The van der Waals surface area contributed by atoms with Crippen molar-refractivity contribution in [2.45, 2.75) is 5.54 Å². The van der Waals surface area contributed by atoms with Gasteiger partial charge in [-0.1, -0.05) is 72.8 Å². The van der Waals surface area contributed by atoms with E-state index in [1.165, 1.54) is 16.7 Å². The van der Waals surface area contributed by atoms with Gasteiger partial charge in [0.1, 0.15) is 0 Å². The number of hydrogen-bond donors (Lipinski definition) is 2. The normalized spacial score (nSPS) is 11.3. The second-order valence-corrected chi connectivity index (χ2v) is 5.35. The molecule has 0 aliphatic heterocycles. The van der Waals surface area contributed by atoms with Crippen LogP contribution in [-0.4, -0.2) is 7.05 Å². The van der Waals surface area contributed by atoms with Gasteiger partial charge in [0.15, 0.2) is 0 Å². The topological polar surface area (TPSA) is 38.0 Å². The number of rotatable bonds is 4. The predicted octanol–water partition coefficient (Wildman–Crippen LogP) is 3.78. The Balaban J connectivity index is 2.28. The van der Waals surface area contributed by atoms with Gasteiger partial charge < -0.3 is 11.1 Å². The van der Waals surface area contributed by atoms with Crippen LogP contribution >= 0.6 is 0 Å². The molecule has 0 aliphatic carbocycles. The smallest absolute Gasteiger partial charge is 0.0945 e. The molecule has 0 unspecified atom stereocenters. The van der Waals surface area contributed by atoms with Crippen molar-refractivity contribution < 1.29 is 0 Å². The Morgan fingerprint density at radius 3 is 1.45 bits per heavy atom. The zero-order valence-electron chi connectivity index (χ0n) is 12.7. The van der Waals surface area contributed by atoms with Crippen LogP contribution in [0.1, 0.15) is 16.7 Å². The van der Waals surface area contributed by atoms with Gasteiger partial charge in [-0.3, -0.25) is 0 Å². The summed E-state index contributed by atoms with van der Waals surface area (Å²) in [6.07, 6.45) is 0.